The van der Waals surface area contributed by atoms with Crippen LogP contribution in [0.15, 0.2) is 55.0 Å². The summed E-state index contributed by atoms with van der Waals surface area (Å²) >= 11 is 0. The maximum absolute atomic E-state index is 13.8. The van der Waals surface area contributed by atoms with Gasteiger partial charge in [-0.1, -0.05) is 11.3 Å². The van der Waals surface area contributed by atoms with Crippen molar-refractivity contribution in [2.75, 3.05) is 30.4 Å². The molecule has 0 bridgehead atoms. The molecule has 11 nitrogen and oxygen atoms in total. The molecule has 4 aromatic heterocycles. The van der Waals surface area contributed by atoms with E-state index in [0.717, 1.165) is 47.3 Å². The summed E-state index contributed by atoms with van der Waals surface area (Å²) in [7, 11) is 3.38. The van der Waals surface area contributed by atoms with Crippen molar-refractivity contribution in [3.8, 4) is 17.1 Å². The second-order valence-electron chi connectivity index (χ2n) is 8.54. The molecule has 0 aliphatic carbocycles. The quantitative estimate of drug-likeness (QED) is 0.386. The Morgan fingerprint density at radius 3 is 2.86 bits per heavy atom. The Kier molecular flexibility index (Phi) is 5.40. The molecule has 5 heterocycles. The maximum Gasteiger partial charge on any atom is 0.237 e. The predicted octanol–water partition coefficient (Wildman–Crippen LogP) is 3.36. The first-order valence-corrected chi connectivity index (χ1v) is 11.5. The van der Waals surface area contributed by atoms with E-state index >= 15 is 0 Å². The number of ether oxygens (including phenoxy) is 1. The predicted molar refractivity (Wildman–Crippen MR) is 132 cm³/mol. The molecule has 0 spiro atoms. The van der Waals surface area contributed by atoms with Crippen LogP contribution in [-0.4, -0.2) is 59.9 Å². The SMILES string of the molecule is COc1ncc(F)cc1N1CCC(n2nnc3cc(-c4ccnc(Nc5ccnn5C)n4)ccc32)C1. The fraction of sp³-hybridized carbons (Fsp3) is 0.250. The summed E-state index contributed by atoms with van der Waals surface area (Å²) in [4.78, 5) is 15.1. The van der Waals surface area contributed by atoms with Gasteiger partial charge in [0.1, 0.15) is 22.8 Å². The monoisotopic (exact) mass is 486 g/mol. The molecule has 1 aliphatic rings. The number of hydrogen-bond donors (Lipinski definition) is 1. The van der Waals surface area contributed by atoms with Crippen LogP contribution in [0.1, 0.15) is 12.5 Å². The second-order valence-corrected chi connectivity index (χ2v) is 8.54. The molecule has 182 valence electrons. The minimum absolute atomic E-state index is 0.0857. The third-order valence-electron chi connectivity index (χ3n) is 6.33. The number of aromatic nitrogens is 8. The molecular weight excluding hydrogens is 463 g/mol. The highest BCUT2D eigenvalue weighted by atomic mass is 19.1. The topological polar surface area (TPSA) is 112 Å². The average molecular weight is 487 g/mol. The fourth-order valence-corrected chi connectivity index (χ4v) is 4.52. The van der Waals surface area contributed by atoms with Crippen LogP contribution < -0.4 is 15.0 Å². The van der Waals surface area contributed by atoms with Gasteiger partial charge in [-0.25, -0.2) is 24.0 Å². The lowest BCUT2D eigenvalue weighted by Gasteiger charge is -2.20. The van der Waals surface area contributed by atoms with Crippen LogP contribution in [0.5, 0.6) is 5.88 Å². The van der Waals surface area contributed by atoms with E-state index in [-0.39, 0.29) is 6.04 Å². The van der Waals surface area contributed by atoms with Crippen molar-refractivity contribution < 1.29 is 9.13 Å². The number of anilines is 3. The second kappa shape index (κ2) is 8.87. The number of pyridine rings is 1. The minimum atomic E-state index is -0.392. The highest BCUT2D eigenvalue weighted by molar-refractivity contribution is 5.81. The van der Waals surface area contributed by atoms with Gasteiger partial charge < -0.3 is 15.0 Å². The van der Waals surface area contributed by atoms with Crippen LogP contribution in [0.2, 0.25) is 0 Å². The number of benzene rings is 1. The van der Waals surface area contributed by atoms with E-state index in [9.17, 15) is 4.39 Å². The molecule has 12 heteroatoms. The highest BCUT2D eigenvalue weighted by Gasteiger charge is 2.28. The van der Waals surface area contributed by atoms with Crippen molar-refractivity contribution in [3.05, 3.63) is 60.8 Å². The lowest BCUT2D eigenvalue weighted by atomic mass is 10.1. The van der Waals surface area contributed by atoms with Crippen LogP contribution in [0.25, 0.3) is 22.3 Å². The Bertz CT molecular complexity index is 1550. The number of rotatable bonds is 6. The van der Waals surface area contributed by atoms with E-state index in [1.54, 1.807) is 17.1 Å². The minimum Gasteiger partial charge on any atom is -0.480 e. The van der Waals surface area contributed by atoms with Crippen molar-refractivity contribution in [3.63, 3.8) is 0 Å². The van der Waals surface area contributed by atoms with Gasteiger partial charge >= 0.3 is 0 Å². The first-order chi connectivity index (χ1) is 17.6. The summed E-state index contributed by atoms with van der Waals surface area (Å²) in [5.74, 6) is 1.29. The number of methoxy groups -OCH3 is 1. The van der Waals surface area contributed by atoms with Crippen molar-refractivity contribution in [2.24, 2.45) is 7.05 Å². The number of aryl methyl sites for hydroxylation is 1. The maximum atomic E-state index is 13.8. The van der Waals surface area contributed by atoms with E-state index in [0.29, 0.717) is 24.1 Å². The summed E-state index contributed by atoms with van der Waals surface area (Å²) in [5, 5.41) is 16.2. The van der Waals surface area contributed by atoms with Gasteiger partial charge in [-0.15, -0.1) is 5.10 Å². The first kappa shape index (κ1) is 21.9. The summed E-state index contributed by atoms with van der Waals surface area (Å²) in [6, 6.07) is 11.2. The summed E-state index contributed by atoms with van der Waals surface area (Å²) < 4.78 is 22.8. The number of halogens is 1. The van der Waals surface area contributed by atoms with Gasteiger partial charge in [-0.05, 0) is 24.6 Å². The molecule has 1 unspecified atom stereocenters. The van der Waals surface area contributed by atoms with Crippen LogP contribution >= 0.6 is 0 Å². The Balaban J connectivity index is 1.24. The van der Waals surface area contributed by atoms with Gasteiger partial charge in [-0.2, -0.15) is 5.10 Å². The number of nitrogens with one attached hydrogen (secondary N) is 1. The van der Waals surface area contributed by atoms with Crippen LogP contribution in [0.4, 0.5) is 21.8 Å². The van der Waals surface area contributed by atoms with E-state index in [1.165, 1.54) is 13.2 Å². The van der Waals surface area contributed by atoms with E-state index in [4.69, 9.17) is 4.74 Å². The third kappa shape index (κ3) is 3.96. The molecule has 1 aliphatic heterocycles. The van der Waals surface area contributed by atoms with Crippen molar-refractivity contribution in [2.45, 2.75) is 12.5 Å². The molecule has 0 radical (unpaired) electrons. The third-order valence-corrected chi connectivity index (χ3v) is 6.33. The summed E-state index contributed by atoms with van der Waals surface area (Å²) in [5.41, 5.74) is 4.02. The average Bonchev–Trinajstić information content (AvgIpc) is 3.64. The summed E-state index contributed by atoms with van der Waals surface area (Å²) in [6.45, 7) is 1.38. The summed E-state index contributed by atoms with van der Waals surface area (Å²) in [6.07, 6.45) is 5.42. The highest BCUT2D eigenvalue weighted by Crippen LogP contribution is 2.34. The number of fused-ring (bicyclic) bond motifs is 1. The molecule has 0 saturated carbocycles. The van der Waals surface area contributed by atoms with Gasteiger partial charge in [0.05, 0.1) is 36.8 Å². The first-order valence-electron chi connectivity index (χ1n) is 11.5. The zero-order valence-electron chi connectivity index (χ0n) is 19.7. The molecule has 0 amide bonds. The van der Waals surface area contributed by atoms with Crippen molar-refractivity contribution in [1.82, 2.24) is 39.7 Å². The van der Waals surface area contributed by atoms with Crippen LogP contribution in [0.3, 0.4) is 0 Å². The molecule has 36 heavy (non-hydrogen) atoms. The van der Waals surface area contributed by atoms with Gasteiger partial charge in [0.2, 0.25) is 11.8 Å². The Hall–Kier alpha value is -4.61. The Morgan fingerprint density at radius 1 is 1.11 bits per heavy atom. The van der Waals surface area contributed by atoms with Crippen LogP contribution in [-0.2, 0) is 7.05 Å². The van der Waals surface area contributed by atoms with Gasteiger partial charge in [0.25, 0.3) is 0 Å². The van der Waals surface area contributed by atoms with Crippen LogP contribution in [0, 0.1) is 5.82 Å². The number of hydrogen-bond acceptors (Lipinski definition) is 9. The van der Waals surface area contributed by atoms with Gasteiger partial charge in [-0.3, -0.25) is 4.68 Å². The normalized spacial score (nSPS) is 15.5. The lowest BCUT2D eigenvalue weighted by Crippen LogP contribution is -2.22. The molecular formula is C24H23FN10O. The Labute approximate surface area is 205 Å². The molecule has 1 atom stereocenters. The van der Waals surface area contributed by atoms with E-state index < -0.39 is 5.82 Å². The molecule has 1 saturated heterocycles. The molecule has 1 N–H and O–H groups in total. The van der Waals surface area contributed by atoms with Gasteiger partial charge in [0.15, 0.2) is 0 Å². The van der Waals surface area contributed by atoms with E-state index in [2.05, 4.69) is 40.6 Å². The van der Waals surface area contributed by atoms with E-state index in [1.807, 2.05) is 42.1 Å². The van der Waals surface area contributed by atoms with Crippen molar-refractivity contribution in [1.29, 1.82) is 0 Å². The molecule has 6 rings (SSSR count). The van der Waals surface area contributed by atoms with Gasteiger partial charge in [0, 0.05) is 44.0 Å². The largest absolute Gasteiger partial charge is 0.480 e. The zero-order chi connectivity index (χ0) is 24.6. The zero-order valence-corrected chi connectivity index (χ0v) is 19.7. The van der Waals surface area contributed by atoms with Crippen molar-refractivity contribution >= 4 is 28.5 Å². The molecule has 5 aromatic rings. The number of nitrogens with zero attached hydrogens (tertiary/aromatic N) is 9. The molecule has 1 aromatic carbocycles. The fourth-order valence-electron chi connectivity index (χ4n) is 4.52. The Morgan fingerprint density at radius 2 is 2.03 bits per heavy atom. The molecule has 1 fully saturated rings. The smallest absolute Gasteiger partial charge is 0.237 e. The lowest BCUT2D eigenvalue weighted by molar-refractivity contribution is 0.395. The standard InChI is InChI=1S/C24H23FN10O/c1-33-22(6-9-28-33)30-24-26-8-5-18(29-24)15-3-4-20-19(11-15)31-32-35(20)17-7-10-34(14-17)21-12-16(25)13-27-23(21)36-2/h3-6,8-9,11-13,17H,7,10,14H2,1-2H3,(H,26,29,30).